The summed E-state index contributed by atoms with van der Waals surface area (Å²) in [6, 6.07) is 1.69. The lowest BCUT2D eigenvalue weighted by molar-refractivity contribution is -0.141. The highest BCUT2D eigenvalue weighted by Crippen LogP contribution is 2.11. The van der Waals surface area contributed by atoms with Crippen molar-refractivity contribution < 1.29 is 14.3 Å². The van der Waals surface area contributed by atoms with Crippen LogP contribution in [0.15, 0.2) is 12.3 Å². The molecular formula is C12H19N3O3. The third-order valence-corrected chi connectivity index (χ3v) is 2.08. The molecule has 18 heavy (non-hydrogen) atoms. The van der Waals surface area contributed by atoms with Crippen LogP contribution in [0, 0.1) is 0 Å². The fraction of sp³-hybridized carbons (Fsp3) is 0.583. The summed E-state index contributed by atoms with van der Waals surface area (Å²) in [6.07, 6.45) is 2.52. The maximum absolute atomic E-state index is 11.3. The van der Waals surface area contributed by atoms with Crippen molar-refractivity contribution in [3.8, 4) is 5.88 Å². The van der Waals surface area contributed by atoms with Gasteiger partial charge in [-0.25, -0.2) is 4.98 Å². The predicted octanol–water partition coefficient (Wildman–Crippen LogP) is 1.26. The van der Waals surface area contributed by atoms with Crippen LogP contribution in [-0.4, -0.2) is 42.7 Å². The fourth-order valence-electron chi connectivity index (χ4n) is 1.27. The van der Waals surface area contributed by atoms with Crippen LogP contribution in [0.1, 0.15) is 20.3 Å². The van der Waals surface area contributed by atoms with Crippen LogP contribution in [0.4, 0.5) is 5.95 Å². The number of likely N-dealkylation sites (N-methyl/N-ethyl adjacent to an activating group) is 1. The molecule has 0 amide bonds. The molecule has 0 aliphatic rings. The van der Waals surface area contributed by atoms with Crippen LogP contribution in [0.2, 0.25) is 0 Å². The van der Waals surface area contributed by atoms with Gasteiger partial charge in [-0.3, -0.25) is 4.79 Å². The Morgan fingerprint density at radius 1 is 1.44 bits per heavy atom. The number of nitrogens with zero attached hydrogens (tertiary/aromatic N) is 3. The summed E-state index contributed by atoms with van der Waals surface area (Å²) < 4.78 is 10.3. The van der Waals surface area contributed by atoms with Crippen molar-refractivity contribution in [2.24, 2.45) is 0 Å². The summed E-state index contributed by atoms with van der Waals surface area (Å²) >= 11 is 0. The van der Waals surface area contributed by atoms with Crippen LogP contribution in [-0.2, 0) is 9.53 Å². The number of hydrogen-bond donors (Lipinski definition) is 0. The molecule has 1 rings (SSSR count). The lowest BCUT2D eigenvalue weighted by Gasteiger charge is -2.16. The number of rotatable bonds is 7. The molecule has 0 saturated heterocycles. The molecular weight excluding hydrogens is 234 g/mol. The minimum Gasteiger partial charge on any atom is -0.478 e. The topological polar surface area (TPSA) is 64.5 Å². The summed E-state index contributed by atoms with van der Waals surface area (Å²) in [5, 5.41) is 0. The summed E-state index contributed by atoms with van der Waals surface area (Å²) in [5.74, 6) is 0.651. The first-order chi connectivity index (χ1) is 8.67. The highest BCUT2D eigenvalue weighted by molar-refractivity contribution is 5.74. The molecule has 0 unspecified atom stereocenters. The summed E-state index contributed by atoms with van der Waals surface area (Å²) in [7, 11) is 1.73. The van der Waals surface area contributed by atoms with E-state index in [1.165, 1.54) is 0 Å². The van der Waals surface area contributed by atoms with Crippen molar-refractivity contribution in [3.63, 3.8) is 0 Å². The van der Waals surface area contributed by atoms with Crippen molar-refractivity contribution in [2.45, 2.75) is 20.3 Å². The number of ether oxygens (including phenoxy) is 2. The van der Waals surface area contributed by atoms with Gasteiger partial charge in [0.05, 0.1) is 13.2 Å². The minimum atomic E-state index is -0.302. The van der Waals surface area contributed by atoms with Gasteiger partial charge in [0.15, 0.2) is 0 Å². The highest BCUT2D eigenvalue weighted by Gasteiger charge is 2.11. The molecule has 6 nitrogen and oxygen atoms in total. The number of carbonyl (C=O) groups is 1. The third-order valence-electron chi connectivity index (χ3n) is 2.08. The van der Waals surface area contributed by atoms with Crippen molar-refractivity contribution >= 4 is 11.9 Å². The average molecular weight is 253 g/mol. The first-order valence-electron chi connectivity index (χ1n) is 6.00. The Morgan fingerprint density at radius 2 is 2.22 bits per heavy atom. The number of anilines is 1. The molecule has 1 aromatic rings. The fourth-order valence-corrected chi connectivity index (χ4v) is 1.27. The summed E-state index contributed by atoms with van der Waals surface area (Å²) in [6.45, 7) is 4.89. The third kappa shape index (κ3) is 4.57. The molecule has 0 N–H and O–H groups in total. The maximum Gasteiger partial charge on any atom is 0.325 e. The lowest BCUT2D eigenvalue weighted by atomic mass is 10.5. The Labute approximate surface area is 107 Å². The van der Waals surface area contributed by atoms with E-state index in [-0.39, 0.29) is 12.5 Å². The van der Waals surface area contributed by atoms with E-state index >= 15 is 0 Å². The van der Waals surface area contributed by atoms with Gasteiger partial charge in [0, 0.05) is 19.3 Å². The number of carbonyl (C=O) groups excluding carboxylic acids is 1. The molecule has 0 fully saturated rings. The maximum atomic E-state index is 11.3. The Bertz CT molecular complexity index is 385. The molecule has 100 valence electrons. The average Bonchev–Trinajstić information content (AvgIpc) is 2.37. The van der Waals surface area contributed by atoms with Crippen LogP contribution in [0.5, 0.6) is 5.88 Å². The molecule has 0 aromatic carbocycles. The molecule has 0 spiro atoms. The van der Waals surface area contributed by atoms with E-state index in [9.17, 15) is 4.79 Å². The monoisotopic (exact) mass is 253 g/mol. The number of hydrogen-bond acceptors (Lipinski definition) is 6. The molecule has 0 aliphatic heterocycles. The minimum absolute atomic E-state index is 0.116. The van der Waals surface area contributed by atoms with E-state index in [4.69, 9.17) is 9.47 Å². The predicted molar refractivity (Wildman–Crippen MR) is 67.7 cm³/mol. The largest absolute Gasteiger partial charge is 0.478 e. The van der Waals surface area contributed by atoms with Crippen LogP contribution >= 0.6 is 0 Å². The zero-order chi connectivity index (χ0) is 13.4. The standard InChI is InChI=1S/C12H19N3O3/c1-4-8-18-10-6-7-13-12(14-10)15(3)9-11(16)17-5-2/h6-7H,4-5,8-9H2,1-3H3. The smallest absolute Gasteiger partial charge is 0.325 e. The normalized spacial score (nSPS) is 9.94. The summed E-state index contributed by atoms with van der Waals surface area (Å²) in [5.41, 5.74) is 0. The molecule has 6 heteroatoms. The molecule has 0 radical (unpaired) electrons. The zero-order valence-electron chi connectivity index (χ0n) is 11.0. The molecule has 0 saturated carbocycles. The number of esters is 1. The second kappa shape index (κ2) is 7.47. The summed E-state index contributed by atoms with van der Waals surface area (Å²) in [4.78, 5) is 21.3. The van der Waals surface area contributed by atoms with Gasteiger partial charge in [0.25, 0.3) is 0 Å². The van der Waals surface area contributed by atoms with Crippen LogP contribution < -0.4 is 9.64 Å². The first-order valence-corrected chi connectivity index (χ1v) is 6.00. The van der Waals surface area contributed by atoms with Crippen LogP contribution in [0.3, 0.4) is 0 Å². The van der Waals surface area contributed by atoms with Crippen molar-refractivity contribution in [1.82, 2.24) is 9.97 Å². The van der Waals surface area contributed by atoms with Gasteiger partial charge in [-0.15, -0.1) is 0 Å². The second-order valence-electron chi connectivity index (χ2n) is 3.70. The van der Waals surface area contributed by atoms with Gasteiger partial charge in [0.1, 0.15) is 6.54 Å². The quantitative estimate of drug-likeness (QED) is 0.682. The first kappa shape index (κ1) is 14.2. The Kier molecular flexibility index (Phi) is 5.90. The zero-order valence-corrected chi connectivity index (χ0v) is 11.0. The molecule has 0 atom stereocenters. The van der Waals surface area contributed by atoms with Crippen molar-refractivity contribution in [3.05, 3.63) is 12.3 Å². The molecule has 0 aliphatic carbocycles. The molecule has 1 heterocycles. The van der Waals surface area contributed by atoms with E-state index in [1.54, 1.807) is 31.1 Å². The van der Waals surface area contributed by atoms with Crippen molar-refractivity contribution in [2.75, 3.05) is 31.7 Å². The Balaban J connectivity index is 2.61. The van der Waals surface area contributed by atoms with Crippen LogP contribution in [0.25, 0.3) is 0 Å². The lowest BCUT2D eigenvalue weighted by Crippen LogP contribution is -2.28. The van der Waals surface area contributed by atoms with Crippen molar-refractivity contribution in [1.29, 1.82) is 0 Å². The Hall–Kier alpha value is -1.85. The second-order valence-corrected chi connectivity index (χ2v) is 3.70. The molecule has 0 bridgehead atoms. The van der Waals surface area contributed by atoms with E-state index < -0.39 is 0 Å². The Morgan fingerprint density at radius 3 is 2.89 bits per heavy atom. The van der Waals surface area contributed by atoms with E-state index in [0.717, 1.165) is 6.42 Å². The highest BCUT2D eigenvalue weighted by atomic mass is 16.5. The van der Waals surface area contributed by atoms with Gasteiger partial charge < -0.3 is 14.4 Å². The SMILES string of the molecule is CCCOc1ccnc(N(C)CC(=O)OCC)n1. The molecule has 1 aromatic heterocycles. The van der Waals surface area contributed by atoms with Gasteiger partial charge in [-0.1, -0.05) is 6.92 Å². The van der Waals surface area contributed by atoms with Gasteiger partial charge in [-0.2, -0.15) is 4.98 Å². The number of aromatic nitrogens is 2. The van der Waals surface area contributed by atoms with Gasteiger partial charge in [0.2, 0.25) is 11.8 Å². The van der Waals surface area contributed by atoms with E-state index in [1.807, 2.05) is 6.92 Å². The van der Waals surface area contributed by atoms with E-state index in [2.05, 4.69) is 9.97 Å². The van der Waals surface area contributed by atoms with E-state index in [0.29, 0.717) is 25.0 Å². The van der Waals surface area contributed by atoms with Gasteiger partial charge >= 0.3 is 5.97 Å². The van der Waals surface area contributed by atoms with Gasteiger partial charge in [-0.05, 0) is 13.3 Å².